The minimum atomic E-state index is -0.726. The molecule has 0 aromatic heterocycles. The molecule has 7 atom stereocenters. The third-order valence-electron chi connectivity index (χ3n) is 9.00. The molecule has 3 heterocycles. The van der Waals surface area contributed by atoms with Gasteiger partial charge < -0.3 is 24.5 Å². The molecule has 1 aromatic rings. The van der Waals surface area contributed by atoms with E-state index in [1.165, 1.54) is 0 Å². The smallest absolute Gasteiger partial charge is 0.247 e. The molecule has 0 aliphatic carbocycles. The first-order valence-electron chi connectivity index (χ1n) is 15.5. The number of carbonyl (C=O) groups excluding carboxylic acids is 3. The Morgan fingerprint density at radius 2 is 1.88 bits per heavy atom. The van der Waals surface area contributed by atoms with Crippen LogP contribution in [0.25, 0.3) is 0 Å². The number of aliphatic hydroxyl groups is 1. The standard InChI is InChI=1S/C33H46BrN3O5S/c1-6-12-22(5)35(17-7-2)32(41)29-33-21-25(34)28(43-33)26(27(33)31(40)37(29)19-10-11-20-38)30(39)36(18-8-3)23-13-15-24(16-14-23)42-9-4/h7-8,13-16,22,25-29,38H,2-3,6,9-12,17-21H2,1,4-5H3/t22?,25?,26-,27+,28-,29?,33?/m1/s1. The summed E-state index contributed by atoms with van der Waals surface area (Å²) in [7, 11) is 0. The Morgan fingerprint density at radius 3 is 2.49 bits per heavy atom. The Hall–Kier alpha value is -2.30. The average molecular weight is 677 g/mol. The van der Waals surface area contributed by atoms with E-state index in [-0.39, 0.29) is 40.4 Å². The van der Waals surface area contributed by atoms with Crippen LogP contribution in [0.2, 0.25) is 0 Å². The van der Waals surface area contributed by atoms with E-state index in [0.29, 0.717) is 51.2 Å². The lowest BCUT2D eigenvalue weighted by molar-refractivity contribution is -0.143. The quantitative estimate of drug-likeness (QED) is 0.150. The van der Waals surface area contributed by atoms with Crippen LogP contribution in [0.1, 0.15) is 52.9 Å². The molecule has 3 aliphatic heterocycles. The van der Waals surface area contributed by atoms with E-state index in [9.17, 15) is 19.5 Å². The second-order valence-electron chi connectivity index (χ2n) is 11.7. The topological polar surface area (TPSA) is 90.4 Å². The van der Waals surface area contributed by atoms with Gasteiger partial charge in [0.2, 0.25) is 17.7 Å². The summed E-state index contributed by atoms with van der Waals surface area (Å²) in [5, 5.41) is 9.34. The fraction of sp³-hybridized carbons (Fsp3) is 0.606. The number of aliphatic hydroxyl groups excluding tert-OH is 1. The summed E-state index contributed by atoms with van der Waals surface area (Å²) in [6, 6.07) is 6.71. The number of hydrogen-bond acceptors (Lipinski definition) is 6. The van der Waals surface area contributed by atoms with E-state index < -0.39 is 22.6 Å². The molecular formula is C33H46BrN3O5S. The molecule has 4 unspecified atom stereocenters. The van der Waals surface area contributed by atoms with Gasteiger partial charge in [-0.15, -0.1) is 24.9 Å². The van der Waals surface area contributed by atoms with Gasteiger partial charge >= 0.3 is 0 Å². The van der Waals surface area contributed by atoms with Crippen molar-refractivity contribution in [1.82, 2.24) is 9.80 Å². The Bertz CT molecular complexity index is 1180. The van der Waals surface area contributed by atoms with Gasteiger partial charge in [0.1, 0.15) is 11.8 Å². The van der Waals surface area contributed by atoms with E-state index in [0.717, 1.165) is 18.6 Å². The van der Waals surface area contributed by atoms with Gasteiger partial charge in [-0.3, -0.25) is 14.4 Å². The molecule has 4 rings (SSSR count). The summed E-state index contributed by atoms with van der Waals surface area (Å²) >= 11 is 5.53. The number of thioether (sulfide) groups is 1. The Kier molecular flexibility index (Phi) is 11.4. The van der Waals surface area contributed by atoms with Crippen molar-refractivity contribution in [3.63, 3.8) is 0 Å². The average Bonchev–Trinajstić information content (AvgIpc) is 3.58. The summed E-state index contributed by atoms with van der Waals surface area (Å²) in [4.78, 5) is 48.8. The van der Waals surface area contributed by atoms with Gasteiger partial charge in [0, 0.05) is 48.0 Å². The van der Waals surface area contributed by atoms with Crippen LogP contribution in [0.15, 0.2) is 49.6 Å². The maximum absolute atomic E-state index is 14.6. The lowest BCUT2D eigenvalue weighted by atomic mass is 9.70. The van der Waals surface area contributed by atoms with Crippen LogP contribution in [0, 0.1) is 11.8 Å². The second kappa shape index (κ2) is 14.7. The summed E-state index contributed by atoms with van der Waals surface area (Å²) in [5.74, 6) is -0.821. The first kappa shape index (κ1) is 33.6. The van der Waals surface area contributed by atoms with Crippen molar-refractivity contribution < 1.29 is 24.2 Å². The summed E-state index contributed by atoms with van der Waals surface area (Å²) in [6.07, 6.45) is 6.97. The van der Waals surface area contributed by atoms with Crippen molar-refractivity contribution in [2.45, 2.75) is 79.8 Å². The van der Waals surface area contributed by atoms with Gasteiger partial charge in [-0.1, -0.05) is 41.4 Å². The van der Waals surface area contributed by atoms with Crippen molar-refractivity contribution >= 4 is 51.1 Å². The van der Waals surface area contributed by atoms with Crippen LogP contribution < -0.4 is 9.64 Å². The van der Waals surface area contributed by atoms with Gasteiger partial charge in [0.05, 0.1) is 23.2 Å². The first-order chi connectivity index (χ1) is 20.7. The highest BCUT2D eigenvalue weighted by molar-refractivity contribution is 9.09. The Labute approximate surface area is 269 Å². The number of ether oxygens (including phenoxy) is 1. The molecule has 3 saturated heterocycles. The first-order valence-corrected chi connectivity index (χ1v) is 17.3. The third-order valence-corrected chi connectivity index (χ3v) is 12.2. The molecule has 0 radical (unpaired) electrons. The fourth-order valence-electron chi connectivity index (χ4n) is 7.20. The molecule has 1 spiro atoms. The van der Waals surface area contributed by atoms with Crippen LogP contribution in [-0.4, -0.2) is 92.4 Å². The number of unbranched alkanes of at least 4 members (excludes halogenated alkanes) is 1. The van der Waals surface area contributed by atoms with Crippen molar-refractivity contribution in [2.24, 2.45) is 11.8 Å². The van der Waals surface area contributed by atoms with Gasteiger partial charge in [-0.05, 0) is 63.8 Å². The van der Waals surface area contributed by atoms with E-state index in [2.05, 4.69) is 42.9 Å². The van der Waals surface area contributed by atoms with Crippen LogP contribution in [0.5, 0.6) is 5.75 Å². The van der Waals surface area contributed by atoms with E-state index >= 15 is 0 Å². The van der Waals surface area contributed by atoms with Gasteiger partial charge in [-0.2, -0.15) is 0 Å². The van der Waals surface area contributed by atoms with Crippen LogP contribution in [-0.2, 0) is 14.4 Å². The second-order valence-corrected chi connectivity index (χ2v) is 14.4. The number of hydrogen-bond donors (Lipinski definition) is 1. The molecule has 0 saturated carbocycles. The minimum Gasteiger partial charge on any atom is -0.494 e. The van der Waals surface area contributed by atoms with E-state index in [1.54, 1.807) is 33.7 Å². The zero-order valence-corrected chi connectivity index (χ0v) is 28.0. The number of likely N-dealkylation sites (tertiary alicyclic amines) is 1. The van der Waals surface area contributed by atoms with Crippen LogP contribution >= 0.6 is 27.7 Å². The molecule has 3 fully saturated rings. The number of benzene rings is 1. The van der Waals surface area contributed by atoms with Crippen molar-refractivity contribution in [3.8, 4) is 5.75 Å². The fourth-order valence-corrected chi connectivity index (χ4v) is 10.8. The molecular weight excluding hydrogens is 630 g/mol. The number of amides is 3. The largest absolute Gasteiger partial charge is 0.494 e. The highest BCUT2D eigenvalue weighted by Gasteiger charge is 2.76. The summed E-state index contributed by atoms with van der Waals surface area (Å²) in [5.41, 5.74) is 0.713. The molecule has 8 nitrogen and oxygen atoms in total. The SMILES string of the molecule is C=CCN(C(=O)[C@H]1[C@@H]2SC3(CC2Br)C(C(=O)N(CC=C)C(C)CCC)N(CCCCO)C(=O)[C@H]13)c1ccc(OCC)cc1. The number of nitrogens with zero attached hydrogens (tertiary/aromatic N) is 3. The number of anilines is 1. The predicted octanol–water partition coefficient (Wildman–Crippen LogP) is 5.04. The molecule has 1 aromatic carbocycles. The van der Waals surface area contributed by atoms with Gasteiger partial charge in [0.15, 0.2) is 0 Å². The zero-order valence-electron chi connectivity index (χ0n) is 25.6. The van der Waals surface area contributed by atoms with E-state index in [1.807, 2.05) is 36.1 Å². The lowest BCUT2D eigenvalue weighted by Crippen LogP contribution is -2.57. The maximum Gasteiger partial charge on any atom is 0.247 e. The molecule has 2 bridgehead atoms. The monoisotopic (exact) mass is 675 g/mol. The van der Waals surface area contributed by atoms with Gasteiger partial charge in [-0.25, -0.2) is 0 Å². The number of halogens is 1. The van der Waals surface area contributed by atoms with Crippen LogP contribution in [0.3, 0.4) is 0 Å². The maximum atomic E-state index is 14.6. The Balaban J connectivity index is 1.75. The highest BCUT2D eigenvalue weighted by atomic mass is 79.9. The van der Waals surface area contributed by atoms with E-state index in [4.69, 9.17) is 4.74 Å². The number of carbonyl (C=O) groups is 3. The molecule has 3 amide bonds. The molecule has 1 N–H and O–H groups in total. The van der Waals surface area contributed by atoms with Crippen molar-refractivity contribution in [2.75, 3.05) is 37.7 Å². The summed E-state index contributed by atoms with van der Waals surface area (Å²) in [6.45, 7) is 15.5. The van der Waals surface area contributed by atoms with Gasteiger partial charge in [0.25, 0.3) is 0 Å². The predicted molar refractivity (Wildman–Crippen MR) is 177 cm³/mol. The molecule has 43 heavy (non-hydrogen) atoms. The van der Waals surface area contributed by atoms with Crippen LogP contribution in [0.4, 0.5) is 5.69 Å². The van der Waals surface area contributed by atoms with Crippen molar-refractivity contribution in [3.05, 3.63) is 49.6 Å². The third kappa shape index (κ3) is 6.29. The zero-order chi connectivity index (χ0) is 31.3. The highest BCUT2D eigenvalue weighted by Crippen LogP contribution is 2.68. The van der Waals surface area contributed by atoms with Crippen molar-refractivity contribution in [1.29, 1.82) is 0 Å². The molecule has 10 heteroatoms. The Morgan fingerprint density at radius 1 is 1.19 bits per heavy atom. The number of fused-ring (bicyclic) bond motifs is 1. The normalized spacial score (nSPS) is 28.0. The molecule has 236 valence electrons. The number of rotatable bonds is 16. The minimum absolute atomic E-state index is 0.0103. The molecule has 3 aliphatic rings. The lowest BCUT2D eigenvalue weighted by Gasteiger charge is -2.40. The summed E-state index contributed by atoms with van der Waals surface area (Å²) < 4.78 is 4.87. The number of alkyl halides is 1.